The van der Waals surface area contributed by atoms with Crippen LogP contribution in [0.15, 0.2) is 41.5 Å². The SMILES string of the molecule is Cn1cnn(CC(=O)N2CCCC2CC(O)c2ccccc2)c1=O. The Bertz CT molecular complexity index is 753. The number of carbonyl (C=O) groups excluding carboxylic acids is 1. The quantitative estimate of drug-likeness (QED) is 0.875. The van der Waals surface area contributed by atoms with Crippen LogP contribution < -0.4 is 5.69 Å². The topological polar surface area (TPSA) is 80.4 Å². The molecule has 2 heterocycles. The number of aliphatic hydroxyl groups excluding tert-OH is 1. The van der Waals surface area contributed by atoms with Crippen molar-refractivity contribution < 1.29 is 9.90 Å². The minimum atomic E-state index is -0.595. The summed E-state index contributed by atoms with van der Waals surface area (Å²) in [5, 5.41) is 14.3. The number of likely N-dealkylation sites (tertiary alicyclic amines) is 1. The third kappa shape index (κ3) is 3.41. The summed E-state index contributed by atoms with van der Waals surface area (Å²) >= 11 is 0. The Balaban J connectivity index is 1.65. The van der Waals surface area contributed by atoms with Gasteiger partial charge in [-0.15, -0.1) is 0 Å². The fourth-order valence-electron chi connectivity index (χ4n) is 3.23. The molecule has 1 fully saturated rings. The van der Waals surface area contributed by atoms with E-state index >= 15 is 0 Å². The zero-order valence-electron chi connectivity index (χ0n) is 13.7. The molecule has 1 amide bonds. The van der Waals surface area contributed by atoms with E-state index in [0.29, 0.717) is 13.0 Å². The highest BCUT2D eigenvalue weighted by atomic mass is 16.3. The number of aryl methyl sites for hydroxylation is 1. The molecule has 1 aliphatic heterocycles. The lowest BCUT2D eigenvalue weighted by Crippen LogP contribution is -2.40. The molecular formula is C17H22N4O3. The number of nitrogens with zero attached hydrogens (tertiary/aromatic N) is 4. The summed E-state index contributed by atoms with van der Waals surface area (Å²) in [5.74, 6) is -0.126. The Kier molecular flexibility index (Phi) is 4.80. The van der Waals surface area contributed by atoms with Gasteiger partial charge in [-0.3, -0.25) is 9.36 Å². The predicted octanol–water partition coefficient (Wildman–Crippen LogP) is 0.696. The maximum absolute atomic E-state index is 12.5. The fourth-order valence-corrected chi connectivity index (χ4v) is 3.23. The van der Waals surface area contributed by atoms with Gasteiger partial charge < -0.3 is 10.0 Å². The van der Waals surface area contributed by atoms with Crippen LogP contribution in [0, 0.1) is 0 Å². The zero-order valence-corrected chi connectivity index (χ0v) is 13.7. The molecule has 1 aliphatic rings. The maximum Gasteiger partial charge on any atom is 0.345 e. The van der Waals surface area contributed by atoms with Gasteiger partial charge in [0.2, 0.25) is 5.91 Å². The molecule has 7 nitrogen and oxygen atoms in total. The molecule has 7 heteroatoms. The molecule has 128 valence electrons. The minimum Gasteiger partial charge on any atom is -0.388 e. The molecule has 1 aromatic carbocycles. The van der Waals surface area contributed by atoms with Crippen molar-refractivity contribution >= 4 is 5.91 Å². The van der Waals surface area contributed by atoms with Gasteiger partial charge in [-0.05, 0) is 24.8 Å². The molecule has 0 radical (unpaired) electrons. The number of benzene rings is 1. The van der Waals surface area contributed by atoms with E-state index < -0.39 is 6.10 Å². The van der Waals surface area contributed by atoms with E-state index in [1.54, 1.807) is 11.9 Å². The number of aliphatic hydroxyl groups is 1. The first-order chi connectivity index (χ1) is 11.6. The van der Waals surface area contributed by atoms with E-state index in [0.717, 1.165) is 18.4 Å². The van der Waals surface area contributed by atoms with Crippen molar-refractivity contribution in [3.05, 3.63) is 52.7 Å². The first-order valence-corrected chi connectivity index (χ1v) is 8.17. The Morgan fingerprint density at radius 1 is 1.38 bits per heavy atom. The summed E-state index contributed by atoms with van der Waals surface area (Å²) < 4.78 is 2.51. The van der Waals surface area contributed by atoms with Crippen LogP contribution in [-0.4, -0.2) is 42.8 Å². The summed E-state index contributed by atoms with van der Waals surface area (Å²) in [6, 6.07) is 9.46. The van der Waals surface area contributed by atoms with Crippen LogP contribution in [0.2, 0.25) is 0 Å². The molecule has 3 rings (SSSR count). The van der Waals surface area contributed by atoms with Crippen LogP contribution >= 0.6 is 0 Å². The van der Waals surface area contributed by atoms with Crippen LogP contribution in [0.3, 0.4) is 0 Å². The van der Waals surface area contributed by atoms with Crippen molar-refractivity contribution in [1.29, 1.82) is 0 Å². The van der Waals surface area contributed by atoms with Gasteiger partial charge in [0.25, 0.3) is 0 Å². The van der Waals surface area contributed by atoms with Gasteiger partial charge >= 0.3 is 5.69 Å². The molecule has 0 aliphatic carbocycles. The lowest BCUT2D eigenvalue weighted by Gasteiger charge is -2.26. The van der Waals surface area contributed by atoms with Crippen molar-refractivity contribution in [2.24, 2.45) is 7.05 Å². The molecule has 24 heavy (non-hydrogen) atoms. The van der Waals surface area contributed by atoms with Crippen LogP contribution in [0.5, 0.6) is 0 Å². The molecule has 0 spiro atoms. The predicted molar refractivity (Wildman–Crippen MR) is 88.2 cm³/mol. The largest absolute Gasteiger partial charge is 0.388 e. The Morgan fingerprint density at radius 3 is 2.79 bits per heavy atom. The van der Waals surface area contributed by atoms with E-state index in [1.165, 1.54) is 15.6 Å². The van der Waals surface area contributed by atoms with Crippen molar-refractivity contribution in [2.75, 3.05) is 6.54 Å². The number of aromatic nitrogens is 3. The summed E-state index contributed by atoms with van der Waals surface area (Å²) in [5.41, 5.74) is 0.557. The van der Waals surface area contributed by atoms with Gasteiger partial charge in [0.15, 0.2) is 0 Å². The van der Waals surface area contributed by atoms with Crippen LogP contribution in [0.25, 0.3) is 0 Å². The normalized spacial score (nSPS) is 18.8. The Labute approximate surface area is 140 Å². The molecule has 0 saturated carbocycles. The van der Waals surface area contributed by atoms with Crippen molar-refractivity contribution in [3.63, 3.8) is 0 Å². The van der Waals surface area contributed by atoms with E-state index in [9.17, 15) is 14.7 Å². The van der Waals surface area contributed by atoms with Gasteiger partial charge in [0.05, 0.1) is 6.10 Å². The third-order valence-corrected chi connectivity index (χ3v) is 4.55. The molecule has 2 aromatic rings. The Hall–Kier alpha value is -2.41. The van der Waals surface area contributed by atoms with E-state index in [1.807, 2.05) is 30.3 Å². The minimum absolute atomic E-state index is 0.00730. The monoisotopic (exact) mass is 330 g/mol. The zero-order chi connectivity index (χ0) is 17.1. The second kappa shape index (κ2) is 7.00. The first kappa shape index (κ1) is 16.4. The van der Waals surface area contributed by atoms with Crippen LogP contribution in [-0.2, 0) is 18.4 Å². The van der Waals surface area contributed by atoms with Crippen molar-refractivity contribution in [3.8, 4) is 0 Å². The second-order valence-electron chi connectivity index (χ2n) is 6.23. The number of rotatable bonds is 5. The van der Waals surface area contributed by atoms with Gasteiger partial charge in [-0.1, -0.05) is 30.3 Å². The number of amides is 1. The van der Waals surface area contributed by atoms with Gasteiger partial charge in [-0.25, -0.2) is 9.48 Å². The summed E-state index contributed by atoms with van der Waals surface area (Å²) in [7, 11) is 1.60. The molecule has 2 atom stereocenters. The van der Waals surface area contributed by atoms with Gasteiger partial charge in [0, 0.05) is 19.6 Å². The number of carbonyl (C=O) groups is 1. The highest BCUT2D eigenvalue weighted by Crippen LogP contribution is 2.27. The standard InChI is InChI=1S/C17H22N4O3/c1-19-12-18-21(17(19)24)11-16(23)20-9-5-8-14(20)10-15(22)13-6-3-2-4-7-13/h2-4,6-7,12,14-15,22H,5,8-11H2,1H3. The van der Waals surface area contributed by atoms with Gasteiger partial charge in [0.1, 0.15) is 12.9 Å². The fraction of sp³-hybridized carbons (Fsp3) is 0.471. The molecule has 2 unspecified atom stereocenters. The van der Waals surface area contributed by atoms with Crippen molar-refractivity contribution in [2.45, 2.75) is 38.0 Å². The average Bonchev–Trinajstić information content (AvgIpc) is 3.17. The molecular weight excluding hydrogens is 308 g/mol. The number of hydrogen-bond acceptors (Lipinski definition) is 4. The summed E-state index contributed by atoms with van der Waals surface area (Å²) in [6.07, 6.45) is 3.09. The van der Waals surface area contributed by atoms with E-state index in [2.05, 4.69) is 5.10 Å². The molecule has 1 N–H and O–H groups in total. The maximum atomic E-state index is 12.5. The summed E-state index contributed by atoms with van der Waals surface area (Å²) in [6.45, 7) is 0.601. The van der Waals surface area contributed by atoms with Crippen LogP contribution in [0.1, 0.15) is 30.9 Å². The first-order valence-electron chi connectivity index (χ1n) is 8.17. The smallest absolute Gasteiger partial charge is 0.345 e. The van der Waals surface area contributed by atoms with E-state index in [-0.39, 0.29) is 24.2 Å². The second-order valence-corrected chi connectivity index (χ2v) is 6.23. The Morgan fingerprint density at radius 2 is 2.12 bits per heavy atom. The third-order valence-electron chi connectivity index (χ3n) is 4.55. The lowest BCUT2D eigenvalue weighted by molar-refractivity contribution is -0.133. The highest BCUT2D eigenvalue weighted by Gasteiger charge is 2.31. The molecule has 1 saturated heterocycles. The van der Waals surface area contributed by atoms with E-state index in [4.69, 9.17) is 0 Å². The molecule has 0 bridgehead atoms. The van der Waals surface area contributed by atoms with Crippen molar-refractivity contribution in [1.82, 2.24) is 19.2 Å². The van der Waals surface area contributed by atoms with Crippen LogP contribution in [0.4, 0.5) is 0 Å². The van der Waals surface area contributed by atoms with Gasteiger partial charge in [-0.2, -0.15) is 5.10 Å². The highest BCUT2D eigenvalue weighted by molar-refractivity contribution is 5.76. The summed E-state index contributed by atoms with van der Waals surface area (Å²) in [4.78, 5) is 26.1. The number of hydrogen-bond donors (Lipinski definition) is 1. The lowest BCUT2D eigenvalue weighted by atomic mass is 10.0. The molecule has 1 aromatic heterocycles. The average molecular weight is 330 g/mol.